The van der Waals surface area contributed by atoms with Crippen molar-refractivity contribution in [3.05, 3.63) is 82.4 Å². The third-order valence-electron chi connectivity index (χ3n) is 6.48. The van der Waals surface area contributed by atoms with E-state index in [1.165, 1.54) is 31.1 Å². The van der Waals surface area contributed by atoms with Crippen LogP contribution in [-0.4, -0.2) is 37.2 Å². The van der Waals surface area contributed by atoms with Gasteiger partial charge in [0.1, 0.15) is 5.92 Å². The molecule has 2 N–H and O–H groups in total. The number of nitrogens with one attached hydrogen (secondary N) is 2. The number of allylic oxidation sites excluding steroid dienone is 1. The van der Waals surface area contributed by atoms with E-state index in [2.05, 4.69) is 10.6 Å². The van der Waals surface area contributed by atoms with Gasteiger partial charge in [-0.25, -0.2) is 9.78 Å². The topological polar surface area (TPSA) is 89.5 Å². The number of hydrogen-bond donors (Lipinski definition) is 2. The summed E-state index contributed by atoms with van der Waals surface area (Å²) in [5.74, 6) is -1.77. The van der Waals surface area contributed by atoms with Gasteiger partial charge in [-0.2, -0.15) is 0 Å². The normalized spacial score (nSPS) is 21.7. The van der Waals surface area contributed by atoms with E-state index in [9.17, 15) is 9.59 Å². The van der Waals surface area contributed by atoms with Crippen LogP contribution >= 0.6 is 11.3 Å². The van der Waals surface area contributed by atoms with E-state index in [1.54, 1.807) is 0 Å². The zero-order valence-corrected chi connectivity index (χ0v) is 21.2. The van der Waals surface area contributed by atoms with E-state index in [-0.39, 0.29) is 0 Å². The van der Waals surface area contributed by atoms with Gasteiger partial charge in [0.15, 0.2) is 5.13 Å². The maximum atomic E-state index is 13.3. The summed E-state index contributed by atoms with van der Waals surface area (Å²) in [5.41, 5.74) is 3.96. The third kappa shape index (κ3) is 4.66. The predicted molar refractivity (Wildman–Crippen MR) is 137 cm³/mol. The molecular weight excluding hydrogens is 462 g/mol. The van der Waals surface area contributed by atoms with Crippen molar-refractivity contribution >= 4 is 28.4 Å². The largest absolute Gasteiger partial charge is 0.469 e. The SMILES string of the molecule is COC(=O)C1=C(C)NC(C)(c2ccccc2)C(C(=O)OC)C1Nc1nc(-c2ccc(C)cc2)cs1. The second-order valence-electron chi connectivity index (χ2n) is 8.75. The fourth-order valence-electron chi connectivity index (χ4n) is 4.68. The second kappa shape index (κ2) is 9.92. The second-order valence-corrected chi connectivity index (χ2v) is 9.61. The van der Waals surface area contributed by atoms with Crippen LogP contribution in [0.25, 0.3) is 11.3 Å². The van der Waals surface area contributed by atoms with Crippen LogP contribution in [0.4, 0.5) is 5.13 Å². The molecule has 3 atom stereocenters. The van der Waals surface area contributed by atoms with Gasteiger partial charge in [-0.05, 0) is 26.3 Å². The van der Waals surface area contributed by atoms with Crippen molar-refractivity contribution in [2.45, 2.75) is 32.4 Å². The van der Waals surface area contributed by atoms with E-state index >= 15 is 0 Å². The lowest BCUT2D eigenvalue weighted by atomic mass is 9.70. The number of esters is 2. The molecule has 0 spiro atoms. The van der Waals surface area contributed by atoms with Gasteiger partial charge in [0.05, 0.1) is 37.1 Å². The van der Waals surface area contributed by atoms with E-state index in [1.807, 2.05) is 80.7 Å². The number of methoxy groups -OCH3 is 2. The van der Waals surface area contributed by atoms with Crippen LogP contribution in [0, 0.1) is 12.8 Å². The van der Waals surface area contributed by atoms with Crippen LogP contribution in [0.5, 0.6) is 0 Å². The Hall–Kier alpha value is -3.65. The van der Waals surface area contributed by atoms with Crippen LogP contribution in [0.15, 0.2) is 71.2 Å². The number of hydrogen-bond acceptors (Lipinski definition) is 8. The van der Waals surface area contributed by atoms with Crippen molar-refractivity contribution in [1.82, 2.24) is 10.3 Å². The monoisotopic (exact) mass is 491 g/mol. The molecule has 7 nitrogen and oxygen atoms in total. The van der Waals surface area contributed by atoms with Gasteiger partial charge in [0.25, 0.3) is 0 Å². The fraction of sp³-hybridized carbons (Fsp3) is 0.296. The fourth-order valence-corrected chi connectivity index (χ4v) is 5.44. The molecule has 35 heavy (non-hydrogen) atoms. The highest BCUT2D eigenvalue weighted by Crippen LogP contribution is 2.42. The number of benzene rings is 2. The molecular formula is C27H29N3O4S. The molecule has 1 aliphatic rings. The minimum absolute atomic E-state index is 0.336. The number of ether oxygens (including phenoxy) is 2. The third-order valence-corrected chi connectivity index (χ3v) is 7.26. The molecule has 0 fully saturated rings. The van der Waals surface area contributed by atoms with Crippen molar-refractivity contribution in [2.75, 3.05) is 19.5 Å². The number of aromatic nitrogens is 1. The van der Waals surface area contributed by atoms with E-state index in [0.29, 0.717) is 16.4 Å². The van der Waals surface area contributed by atoms with Gasteiger partial charge >= 0.3 is 11.9 Å². The Morgan fingerprint density at radius 3 is 2.34 bits per heavy atom. The minimum Gasteiger partial charge on any atom is -0.469 e. The molecule has 2 heterocycles. The minimum atomic E-state index is -0.856. The lowest BCUT2D eigenvalue weighted by Crippen LogP contribution is -2.60. The molecule has 0 bridgehead atoms. The van der Waals surface area contributed by atoms with Crippen molar-refractivity contribution in [1.29, 1.82) is 0 Å². The summed E-state index contributed by atoms with van der Waals surface area (Å²) in [6, 6.07) is 17.0. The molecule has 1 aliphatic heterocycles. The van der Waals surface area contributed by atoms with Crippen LogP contribution in [-0.2, 0) is 24.6 Å². The molecule has 0 saturated carbocycles. The first-order valence-electron chi connectivity index (χ1n) is 11.3. The summed E-state index contributed by atoms with van der Waals surface area (Å²) < 4.78 is 10.4. The lowest BCUT2D eigenvalue weighted by Gasteiger charge is -2.46. The Kier molecular flexibility index (Phi) is 6.93. The number of anilines is 1. The van der Waals surface area contributed by atoms with E-state index in [0.717, 1.165) is 16.8 Å². The maximum absolute atomic E-state index is 13.3. The Morgan fingerprint density at radius 1 is 1.03 bits per heavy atom. The standard InChI is InChI=1S/C27H29N3O4S/c1-16-11-13-18(14-12-16)20-15-35-26(28-20)29-23-21(24(31)33-4)17(2)30-27(3,22(23)25(32)34-5)19-9-7-6-8-10-19/h6-15,22-23,30H,1-5H3,(H,28,29). The highest BCUT2D eigenvalue weighted by atomic mass is 32.1. The first-order valence-corrected chi connectivity index (χ1v) is 12.2. The molecule has 0 amide bonds. The molecule has 0 aliphatic carbocycles. The van der Waals surface area contributed by atoms with Gasteiger partial charge in [-0.15, -0.1) is 11.3 Å². The number of aryl methyl sites for hydroxylation is 1. The maximum Gasteiger partial charge on any atom is 0.337 e. The molecule has 182 valence electrons. The summed E-state index contributed by atoms with van der Waals surface area (Å²) >= 11 is 1.41. The summed E-state index contributed by atoms with van der Waals surface area (Å²) in [5, 5.41) is 9.33. The van der Waals surface area contributed by atoms with Gasteiger partial charge < -0.3 is 20.1 Å². The molecule has 3 unspecified atom stereocenters. The summed E-state index contributed by atoms with van der Waals surface area (Å²) in [6.07, 6.45) is 0. The zero-order chi connectivity index (χ0) is 25.2. The predicted octanol–water partition coefficient (Wildman–Crippen LogP) is 4.65. The van der Waals surface area contributed by atoms with Crippen molar-refractivity contribution in [3.63, 3.8) is 0 Å². The van der Waals surface area contributed by atoms with Gasteiger partial charge in [0, 0.05) is 16.6 Å². The number of carbonyl (C=O) groups is 2. The summed E-state index contributed by atoms with van der Waals surface area (Å²) in [7, 11) is 2.68. The smallest absolute Gasteiger partial charge is 0.337 e. The Balaban J connectivity index is 1.80. The molecule has 3 aromatic rings. The zero-order valence-electron chi connectivity index (χ0n) is 20.4. The highest BCUT2D eigenvalue weighted by Gasteiger charge is 2.52. The average Bonchev–Trinajstić information content (AvgIpc) is 3.32. The molecule has 0 radical (unpaired) electrons. The van der Waals surface area contributed by atoms with E-state index in [4.69, 9.17) is 14.5 Å². The molecule has 4 rings (SSSR count). The van der Waals surface area contributed by atoms with Gasteiger partial charge in [-0.3, -0.25) is 4.79 Å². The Morgan fingerprint density at radius 2 is 1.71 bits per heavy atom. The number of carbonyl (C=O) groups excluding carboxylic acids is 2. The quantitative estimate of drug-likeness (QED) is 0.485. The molecule has 8 heteroatoms. The number of nitrogens with zero attached hydrogens (tertiary/aromatic N) is 1. The summed E-state index contributed by atoms with van der Waals surface area (Å²) in [4.78, 5) is 30.9. The van der Waals surface area contributed by atoms with Crippen LogP contribution in [0.2, 0.25) is 0 Å². The van der Waals surface area contributed by atoms with Crippen molar-refractivity contribution in [3.8, 4) is 11.3 Å². The van der Waals surface area contributed by atoms with Crippen LogP contribution in [0.3, 0.4) is 0 Å². The average molecular weight is 492 g/mol. The first-order chi connectivity index (χ1) is 16.8. The number of rotatable bonds is 6. The van der Waals surface area contributed by atoms with E-state index < -0.39 is 29.4 Å². The lowest BCUT2D eigenvalue weighted by molar-refractivity contribution is -0.149. The Bertz CT molecular complexity index is 1250. The van der Waals surface area contributed by atoms with Gasteiger partial charge in [-0.1, -0.05) is 60.2 Å². The van der Waals surface area contributed by atoms with Crippen LogP contribution < -0.4 is 10.6 Å². The Labute approximate surface area is 209 Å². The van der Waals surface area contributed by atoms with Crippen molar-refractivity contribution in [2.24, 2.45) is 5.92 Å². The first kappa shape index (κ1) is 24.5. The molecule has 0 saturated heterocycles. The summed E-state index contributed by atoms with van der Waals surface area (Å²) in [6.45, 7) is 5.79. The van der Waals surface area contributed by atoms with Crippen LogP contribution in [0.1, 0.15) is 25.0 Å². The van der Waals surface area contributed by atoms with Gasteiger partial charge in [0.2, 0.25) is 0 Å². The number of thiazole rings is 1. The van der Waals surface area contributed by atoms with Crippen molar-refractivity contribution < 1.29 is 19.1 Å². The molecule has 1 aromatic heterocycles. The highest BCUT2D eigenvalue weighted by molar-refractivity contribution is 7.14. The molecule has 2 aromatic carbocycles.